The van der Waals surface area contributed by atoms with Gasteiger partial charge in [-0.3, -0.25) is 4.89 Å². The van der Waals surface area contributed by atoms with Gasteiger partial charge >= 0.3 is 5.97 Å². The molecule has 0 atom stereocenters. The molecule has 4 heteroatoms. The van der Waals surface area contributed by atoms with Crippen LogP contribution in [0.5, 0.6) is 0 Å². The van der Waals surface area contributed by atoms with Gasteiger partial charge in [-0.25, -0.2) is 4.79 Å². The molecule has 0 aliphatic rings. The molecule has 12 heavy (non-hydrogen) atoms. The maximum absolute atomic E-state index is 10.7. The van der Waals surface area contributed by atoms with Gasteiger partial charge in [0.2, 0.25) is 0 Å². The Balaban J connectivity index is 0. The van der Waals surface area contributed by atoms with Gasteiger partial charge in [-0.15, -0.1) is 0 Å². The number of carbonyl (C=O) groups excluding carboxylic acids is 1. The minimum absolute atomic E-state index is 0. The van der Waals surface area contributed by atoms with Crippen LogP contribution in [0.1, 0.15) is 39.5 Å². The van der Waals surface area contributed by atoms with Crippen LogP contribution < -0.4 is 0 Å². The molecule has 0 aromatic carbocycles. The van der Waals surface area contributed by atoms with Gasteiger partial charge in [0.15, 0.2) is 0 Å². The van der Waals surface area contributed by atoms with Crippen molar-refractivity contribution in [2.75, 3.05) is 6.61 Å². The molecule has 0 amide bonds. The van der Waals surface area contributed by atoms with E-state index >= 15 is 0 Å². The molecule has 0 saturated heterocycles. The minimum atomic E-state index is -0.274. The molecule has 0 aliphatic carbocycles. The standard InChI is InChI=1S/C8H16O3.Zn/c1-3-5-7-10-11-8(9)6-4-2;/h3-7H2,1-2H3;. The second-order valence-corrected chi connectivity index (χ2v) is 2.38. The average molecular weight is 226 g/mol. The molecule has 3 nitrogen and oxygen atoms in total. The molecule has 0 unspecified atom stereocenters. The van der Waals surface area contributed by atoms with Crippen LogP contribution in [0.4, 0.5) is 0 Å². The topological polar surface area (TPSA) is 35.5 Å². The Labute approximate surface area is 86.5 Å². The SMILES string of the molecule is CCCCOOC(=O)CCC.[Zn]. The van der Waals surface area contributed by atoms with Crippen LogP contribution >= 0.6 is 0 Å². The zero-order chi connectivity index (χ0) is 8.53. The Morgan fingerprint density at radius 1 is 1.25 bits per heavy atom. The fourth-order valence-electron chi connectivity index (χ4n) is 0.556. The van der Waals surface area contributed by atoms with Gasteiger partial charge in [-0.1, -0.05) is 20.3 Å². The summed E-state index contributed by atoms with van der Waals surface area (Å²) < 4.78 is 0. The van der Waals surface area contributed by atoms with Crippen LogP contribution in [0, 0.1) is 0 Å². The summed E-state index contributed by atoms with van der Waals surface area (Å²) in [5, 5.41) is 0. The maximum Gasteiger partial charge on any atom is 0.342 e. The van der Waals surface area contributed by atoms with E-state index in [1.54, 1.807) is 0 Å². The summed E-state index contributed by atoms with van der Waals surface area (Å²) in [6.45, 7) is 4.48. The predicted molar refractivity (Wildman–Crippen MR) is 41.9 cm³/mol. The number of carbonyl (C=O) groups is 1. The summed E-state index contributed by atoms with van der Waals surface area (Å²) >= 11 is 0. The Morgan fingerprint density at radius 3 is 2.42 bits per heavy atom. The number of rotatable bonds is 6. The molecule has 0 radical (unpaired) electrons. The molecule has 0 bridgehead atoms. The van der Waals surface area contributed by atoms with Gasteiger partial charge in [-0.2, -0.15) is 4.89 Å². The monoisotopic (exact) mass is 224 g/mol. The normalized spacial score (nSPS) is 8.83. The first-order chi connectivity index (χ1) is 5.31. The molecule has 0 rings (SSSR count). The first-order valence-electron chi connectivity index (χ1n) is 4.13. The van der Waals surface area contributed by atoms with E-state index in [-0.39, 0.29) is 25.4 Å². The van der Waals surface area contributed by atoms with Crippen molar-refractivity contribution in [1.29, 1.82) is 0 Å². The van der Waals surface area contributed by atoms with Crippen molar-refractivity contribution in [2.24, 2.45) is 0 Å². The summed E-state index contributed by atoms with van der Waals surface area (Å²) in [5.41, 5.74) is 0. The smallest absolute Gasteiger partial charge is 0.298 e. The number of hydrogen-bond acceptors (Lipinski definition) is 3. The first kappa shape index (κ1) is 14.6. The molecule has 0 aromatic heterocycles. The largest absolute Gasteiger partial charge is 0.342 e. The molecule has 0 aromatic rings. The van der Waals surface area contributed by atoms with E-state index in [0.717, 1.165) is 19.3 Å². The Hall–Kier alpha value is 0.0534. The third-order valence-electron chi connectivity index (χ3n) is 1.19. The molecule has 0 aliphatic heterocycles. The quantitative estimate of drug-likeness (QED) is 0.300. The zero-order valence-corrected chi connectivity index (χ0v) is 10.9. The molecule has 0 heterocycles. The molecule has 0 fully saturated rings. The van der Waals surface area contributed by atoms with Crippen molar-refractivity contribution in [3.63, 3.8) is 0 Å². The zero-order valence-electron chi connectivity index (χ0n) is 7.97. The minimum Gasteiger partial charge on any atom is -0.298 e. The second kappa shape index (κ2) is 11.1. The Bertz CT molecular complexity index is 106. The van der Waals surface area contributed by atoms with Crippen LogP contribution in [-0.4, -0.2) is 12.6 Å². The van der Waals surface area contributed by atoms with E-state index in [2.05, 4.69) is 16.7 Å². The Kier molecular flexibility index (Phi) is 13.4. The molecule has 0 N–H and O–H groups in total. The van der Waals surface area contributed by atoms with Gasteiger partial charge in [0.05, 0.1) is 6.61 Å². The fraction of sp³-hybridized carbons (Fsp3) is 0.875. The average Bonchev–Trinajstić information content (AvgIpc) is 1.99. The summed E-state index contributed by atoms with van der Waals surface area (Å²) in [4.78, 5) is 19.7. The van der Waals surface area contributed by atoms with Crippen molar-refractivity contribution < 1.29 is 34.0 Å². The van der Waals surface area contributed by atoms with E-state index in [0.29, 0.717) is 13.0 Å². The summed E-state index contributed by atoms with van der Waals surface area (Å²) in [5.74, 6) is -0.274. The van der Waals surface area contributed by atoms with Crippen LogP contribution in [-0.2, 0) is 34.0 Å². The van der Waals surface area contributed by atoms with Gasteiger partial charge in [-0.05, 0) is 12.8 Å². The second-order valence-electron chi connectivity index (χ2n) is 2.38. The van der Waals surface area contributed by atoms with E-state index in [4.69, 9.17) is 0 Å². The van der Waals surface area contributed by atoms with Crippen molar-refractivity contribution in [2.45, 2.75) is 39.5 Å². The number of hydrogen-bond donors (Lipinski definition) is 0. The fourth-order valence-corrected chi connectivity index (χ4v) is 0.556. The van der Waals surface area contributed by atoms with Gasteiger partial charge in [0.25, 0.3) is 0 Å². The summed E-state index contributed by atoms with van der Waals surface area (Å²) in [6, 6.07) is 0. The molecular formula is C8H16O3Zn. The first-order valence-corrected chi connectivity index (χ1v) is 4.13. The van der Waals surface area contributed by atoms with Gasteiger partial charge in [0, 0.05) is 25.9 Å². The van der Waals surface area contributed by atoms with Crippen molar-refractivity contribution in [3.8, 4) is 0 Å². The van der Waals surface area contributed by atoms with Crippen LogP contribution in [0.25, 0.3) is 0 Å². The van der Waals surface area contributed by atoms with Gasteiger partial charge < -0.3 is 0 Å². The van der Waals surface area contributed by atoms with Gasteiger partial charge in [0.1, 0.15) is 0 Å². The van der Waals surface area contributed by atoms with E-state index in [9.17, 15) is 4.79 Å². The third kappa shape index (κ3) is 10.1. The molecule has 0 spiro atoms. The van der Waals surface area contributed by atoms with Crippen LogP contribution in [0.3, 0.4) is 0 Å². The van der Waals surface area contributed by atoms with Crippen LogP contribution in [0.15, 0.2) is 0 Å². The third-order valence-corrected chi connectivity index (χ3v) is 1.19. The van der Waals surface area contributed by atoms with E-state index in [1.165, 1.54) is 0 Å². The summed E-state index contributed by atoms with van der Waals surface area (Å²) in [7, 11) is 0. The predicted octanol–water partition coefficient (Wildman–Crippen LogP) is 2.06. The molecule has 0 saturated carbocycles. The summed E-state index contributed by atoms with van der Waals surface area (Å²) in [6.07, 6.45) is 3.22. The van der Waals surface area contributed by atoms with E-state index in [1.807, 2.05) is 6.92 Å². The molecular weight excluding hydrogens is 209 g/mol. The van der Waals surface area contributed by atoms with E-state index < -0.39 is 0 Å². The van der Waals surface area contributed by atoms with Crippen molar-refractivity contribution in [3.05, 3.63) is 0 Å². The van der Waals surface area contributed by atoms with Crippen molar-refractivity contribution in [1.82, 2.24) is 0 Å². The number of unbranched alkanes of at least 4 members (excludes halogenated alkanes) is 1. The van der Waals surface area contributed by atoms with Crippen molar-refractivity contribution >= 4 is 5.97 Å². The van der Waals surface area contributed by atoms with Crippen LogP contribution in [0.2, 0.25) is 0 Å². The molecule has 68 valence electrons. The maximum atomic E-state index is 10.7. The Morgan fingerprint density at radius 2 is 1.92 bits per heavy atom.